The zero-order valence-electron chi connectivity index (χ0n) is 13.2. The van der Waals surface area contributed by atoms with Crippen molar-refractivity contribution in [3.8, 4) is 0 Å². The molecule has 3 heterocycles. The average molecular weight is 303 g/mol. The molecular weight excluding hydrogens is 282 g/mol. The van der Waals surface area contributed by atoms with Crippen molar-refractivity contribution in [2.75, 3.05) is 19.8 Å². The standard InChI is InChI=1S/C16H21N3O3/c1-4-21-10-13-9-19(8-12-7-17-18(3)15(12)13)16(20)14-6-5-11(2)22-14/h5-7,13H,4,8-10H2,1-3H3/t13-/m0/s1. The molecule has 2 aromatic rings. The average Bonchev–Trinajstić information content (AvgIpc) is 3.10. The van der Waals surface area contributed by atoms with E-state index in [-0.39, 0.29) is 11.8 Å². The largest absolute Gasteiger partial charge is 0.456 e. The third-order valence-electron chi connectivity index (χ3n) is 4.01. The molecule has 1 amide bonds. The van der Waals surface area contributed by atoms with E-state index in [9.17, 15) is 4.79 Å². The van der Waals surface area contributed by atoms with Crippen molar-refractivity contribution in [2.45, 2.75) is 26.3 Å². The zero-order valence-corrected chi connectivity index (χ0v) is 13.2. The van der Waals surface area contributed by atoms with E-state index in [0.29, 0.717) is 32.1 Å². The van der Waals surface area contributed by atoms with E-state index in [4.69, 9.17) is 9.15 Å². The summed E-state index contributed by atoms with van der Waals surface area (Å²) in [6.07, 6.45) is 1.83. The monoisotopic (exact) mass is 303 g/mol. The van der Waals surface area contributed by atoms with Gasteiger partial charge in [0.25, 0.3) is 5.91 Å². The predicted octanol–water partition coefficient (Wildman–Crippen LogP) is 2.10. The van der Waals surface area contributed by atoms with Crippen LogP contribution in [-0.2, 0) is 18.3 Å². The molecule has 0 unspecified atom stereocenters. The Labute approximate surface area is 129 Å². The highest BCUT2D eigenvalue weighted by Gasteiger charge is 2.32. The Morgan fingerprint density at radius 2 is 2.32 bits per heavy atom. The fourth-order valence-electron chi connectivity index (χ4n) is 3.02. The van der Waals surface area contributed by atoms with Crippen LogP contribution in [0.4, 0.5) is 0 Å². The summed E-state index contributed by atoms with van der Waals surface area (Å²) in [5.74, 6) is 1.19. The summed E-state index contributed by atoms with van der Waals surface area (Å²) in [5.41, 5.74) is 2.24. The summed E-state index contributed by atoms with van der Waals surface area (Å²) >= 11 is 0. The van der Waals surface area contributed by atoms with E-state index >= 15 is 0 Å². The number of carbonyl (C=O) groups excluding carboxylic acids is 1. The van der Waals surface area contributed by atoms with Crippen LogP contribution in [0.1, 0.15) is 40.4 Å². The highest BCUT2D eigenvalue weighted by molar-refractivity contribution is 5.91. The molecule has 2 aromatic heterocycles. The molecule has 1 atom stereocenters. The van der Waals surface area contributed by atoms with Crippen LogP contribution >= 0.6 is 0 Å². The lowest BCUT2D eigenvalue weighted by molar-refractivity contribution is 0.0617. The van der Waals surface area contributed by atoms with Crippen LogP contribution < -0.4 is 0 Å². The minimum absolute atomic E-state index is 0.0795. The minimum Gasteiger partial charge on any atom is -0.456 e. The quantitative estimate of drug-likeness (QED) is 0.868. The number of carbonyl (C=O) groups is 1. The van der Waals surface area contributed by atoms with E-state index in [1.54, 1.807) is 6.07 Å². The van der Waals surface area contributed by atoms with Crippen molar-refractivity contribution in [1.29, 1.82) is 0 Å². The highest BCUT2D eigenvalue weighted by atomic mass is 16.5. The molecule has 0 aromatic carbocycles. The molecule has 0 bridgehead atoms. The number of aromatic nitrogens is 2. The third-order valence-corrected chi connectivity index (χ3v) is 4.01. The summed E-state index contributed by atoms with van der Waals surface area (Å²) in [6, 6.07) is 3.54. The molecule has 6 heteroatoms. The smallest absolute Gasteiger partial charge is 0.289 e. The van der Waals surface area contributed by atoms with Crippen LogP contribution in [0.2, 0.25) is 0 Å². The van der Waals surface area contributed by atoms with Crippen LogP contribution in [0.15, 0.2) is 22.7 Å². The lowest BCUT2D eigenvalue weighted by Gasteiger charge is -2.32. The highest BCUT2D eigenvalue weighted by Crippen LogP contribution is 2.29. The maximum Gasteiger partial charge on any atom is 0.289 e. The fraction of sp³-hybridized carbons (Fsp3) is 0.500. The normalized spacial score (nSPS) is 17.6. The molecule has 0 saturated heterocycles. The second-order valence-electron chi connectivity index (χ2n) is 5.63. The molecule has 1 aliphatic rings. The summed E-state index contributed by atoms with van der Waals surface area (Å²) in [6.45, 7) is 6.24. The number of ether oxygens (including phenoxy) is 1. The summed E-state index contributed by atoms with van der Waals surface area (Å²) in [5, 5.41) is 4.33. The van der Waals surface area contributed by atoms with Crippen molar-refractivity contribution in [3.63, 3.8) is 0 Å². The van der Waals surface area contributed by atoms with E-state index < -0.39 is 0 Å². The number of nitrogens with zero attached hydrogens (tertiary/aromatic N) is 3. The van der Waals surface area contributed by atoms with Gasteiger partial charge in [0.15, 0.2) is 5.76 Å². The number of rotatable bonds is 4. The van der Waals surface area contributed by atoms with Crippen LogP contribution in [-0.4, -0.2) is 40.3 Å². The molecule has 0 fully saturated rings. The molecule has 118 valence electrons. The van der Waals surface area contributed by atoms with Gasteiger partial charge >= 0.3 is 0 Å². The minimum atomic E-state index is -0.0795. The number of fused-ring (bicyclic) bond motifs is 1. The molecule has 0 N–H and O–H groups in total. The van der Waals surface area contributed by atoms with Gasteiger partial charge in [0.2, 0.25) is 0 Å². The lowest BCUT2D eigenvalue weighted by Crippen LogP contribution is -2.39. The first-order valence-corrected chi connectivity index (χ1v) is 7.54. The molecule has 6 nitrogen and oxygen atoms in total. The molecule has 0 spiro atoms. The van der Waals surface area contributed by atoms with Gasteiger partial charge in [-0.2, -0.15) is 5.10 Å². The number of furan rings is 1. The van der Waals surface area contributed by atoms with Crippen molar-refractivity contribution < 1.29 is 13.9 Å². The summed E-state index contributed by atoms with van der Waals surface area (Å²) < 4.78 is 12.9. The Balaban J connectivity index is 1.85. The van der Waals surface area contributed by atoms with Crippen LogP contribution in [0.3, 0.4) is 0 Å². The number of hydrogen-bond acceptors (Lipinski definition) is 4. The van der Waals surface area contributed by atoms with E-state index in [1.807, 2.05) is 42.7 Å². The van der Waals surface area contributed by atoms with Gasteiger partial charge in [-0.3, -0.25) is 9.48 Å². The van der Waals surface area contributed by atoms with E-state index in [1.165, 1.54) is 0 Å². The van der Waals surface area contributed by atoms with Crippen molar-refractivity contribution in [3.05, 3.63) is 41.1 Å². The predicted molar refractivity (Wildman–Crippen MR) is 80.6 cm³/mol. The first kappa shape index (κ1) is 14.8. The molecular formula is C16H21N3O3. The zero-order chi connectivity index (χ0) is 15.7. The van der Waals surface area contributed by atoms with Gasteiger partial charge in [0, 0.05) is 38.2 Å². The van der Waals surface area contributed by atoms with E-state index in [2.05, 4.69) is 5.10 Å². The van der Waals surface area contributed by atoms with Gasteiger partial charge in [0.1, 0.15) is 5.76 Å². The first-order chi connectivity index (χ1) is 10.6. The third kappa shape index (κ3) is 2.66. The number of aryl methyl sites for hydroxylation is 2. The summed E-state index contributed by atoms with van der Waals surface area (Å²) in [4.78, 5) is 14.4. The van der Waals surface area contributed by atoms with Gasteiger partial charge in [-0.15, -0.1) is 0 Å². The molecule has 0 aliphatic carbocycles. The van der Waals surface area contributed by atoms with Crippen LogP contribution in [0.5, 0.6) is 0 Å². The molecule has 0 radical (unpaired) electrons. The SMILES string of the molecule is CCOC[C@@H]1CN(C(=O)c2ccc(C)o2)Cc2cnn(C)c21. The molecule has 22 heavy (non-hydrogen) atoms. The summed E-state index contributed by atoms with van der Waals surface area (Å²) in [7, 11) is 1.94. The van der Waals surface area contributed by atoms with Crippen molar-refractivity contribution in [1.82, 2.24) is 14.7 Å². The van der Waals surface area contributed by atoms with Gasteiger partial charge in [-0.25, -0.2) is 0 Å². The fourth-order valence-corrected chi connectivity index (χ4v) is 3.02. The van der Waals surface area contributed by atoms with Gasteiger partial charge in [-0.05, 0) is 26.0 Å². The van der Waals surface area contributed by atoms with Crippen LogP contribution in [0.25, 0.3) is 0 Å². The number of amides is 1. The maximum absolute atomic E-state index is 12.6. The van der Waals surface area contributed by atoms with Crippen molar-refractivity contribution in [2.24, 2.45) is 7.05 Å². The van der Waals surface area contributed by atoms with Gasteiger partial charge in [0.05, 0.1) is 18.5 Å². The van der Waals surface area contributed by atoms with E-state index in [0.717, 1.165) is 17.0 Å². The van der Waals surface area contributed by atoms with Gasteiger partial charge < -0.3 is 14.1 Å². The Hall–Kier alpha value is -2.08. The lowest BCUT2D eigenvalue weighted by atomic mass is 9.96. The Bertz CT molecular complexity index is 674. The first-order valence-electron chi connectivity index (χ1n) is 7.54. The van der Waals surface area contributed by atoms with Crippen LogP contribution in [0, 0.1) is 6.92 Å². The maximum atomic E-state index is 12.6. The van der Waals surface area contributed by atoms with Crippen molar-refractivity contribution >= 4 is 5.91 Å². The van der Waals surface area contributed by atoms with Gasteiger partial charge in [-0.1, -0.05) is 0 Å². The topological polar surface area (TPSA) is 60.5 Å². The Morgan fingerprint density at radius 3 is 3.00 bits per heavy atom. The second kappa shape index (κ2) is 5.96. The molecule has 1 aliphatic heterocycles. The number of hydrogen-bond donors (Lipinski definition) is 0. The molecule has 0 saturated carbocycles. The Kier molecular flexibility index (Phi) is 4.02. The molecule has 3 rings (SSSR count). The Morgan fingerprint density at radius 1 is 1.50 bits per heavy atom. The second-order valence-corrected chi connectivity index (χ2v) is 5.63.